The third kappa shape index (κ3) is 2.84. The fourth-order valence-corrected chi connectivity index (χ4v) is 3.81. The molecule has 2 heterocycles. The van der Waals surface area contributed by atoms with Gasteiger partial charge in [0.15, 0.2) is 10.7 Å². The Morgan fingerprint density at radius 1 is 1.12 bits per heavy atom. The first kappa shape index (κ1) is 15.4. The van der Waals surface area contributed by atoms with E-state index in [2.05, 4.69) is 15.0 Å². The predicted octanol–water partition coefficient (Wildman–Crippen LogP) is 3.76. The molecule has 4 rings (SSSR count). The molecule has 0 amide bonds. The maximum atomic E-state index is 11.2. The first-order valence-corrected chi connectivity index (χ1v) is 9.33. The quantitative estimate of drug-likeness (QED) is 0.367. The number of rotatable bonds is 3. The van der Waals surface area contributed by atoms with E-state index in [1.54, 1.807) is 0 Å². The van der Waals surface area contributed by atoms with Gasteiger partial charge in [-0.2, -0.15) is 8.42 Å². The van der Waals surface area contributed by atoms with Gasteiger partial charge in [-0.3, -0.25) is 4.55 Å². The van der Waals surface area contributed by atoms with E-state index >= 15 is 0 Å². The van der Waals surface area contributed by atoms with E-state index in [0.717, 1.165) is 10.4 Å². The topological polar surface area (TPSA) is 112 Å². The van der Waals surface area contributed by atoms with E-state index < -0.39 is 10.1 Å². The Morgan fingerprint density at radius 2 is 1.96 bits per heavy atom. The van der Waals surface area contributed by atoms with Crippen molar-refractivity contribution in [2.75, 3.05) is 0 Å². The summed E-state index contributed by atoms with van der Waals surface area (Å²) in [6.45, 7) is 0. The van der Waals surface area contributed by atoms with Crippen molar-refractivity contribution in [1.82, 2.24) is 15.0 Å². The number of imidazole rings is 1. The highest BCUT2D eigenvalue weighted by Gasteiger charge is 2.12. The fraction of sp³-hybridized carbons (Fsp3) is 0. The number of hydrogen-bond acceptors (Lipinski definition) is 6. The molecule has 0 bridgehead atoms. The normalized spacial score (nSPS) is 12.2. The zero-order chi connectivity index (χ0) is 16.9. The van der Waals surface area contributed by atoms with E-state index in [1.807, 2.05) is 18.2 Å². The number of aromatic nitrogens is 3. The second kappa shape index (κ2) is 5.45. The van der Waals surface area contributed by atoms with Gasteiger partial charge < -0.3 is 14.4 Å². The lowest BCUT2D eigenvalue weighted by atomic mass is 10.3. The number of fused-ring (bicyclic) bond motifs is 2. The van der Waals surface area contributed by atoms with Gasteiger partial charge in [0.05, 0.1) is 21.4 Å². The molecule has 0 saturated heterocycles. The molecule has 0 fully saturated rings. The average Bonchev–Trinajstić information content (AvgIpc) is 3.06. The van der Waals surface area contributed by atoms with Crippen molar-refractivity contribution in [2.45, 2.75) is 14.9 Å². The van der Waals surface area contributed by atoms with Crippen molar-refractivity contribution in [1.29, 1.82) is 0 Å². The fourth-order valence-electron chi connectivity index (χ4n) is 2.27. The SMILES string of the molecule is O=S(=O)(O)c1ccc2nc(Sc3ccc4[nH]c(=S)oc4c3)[nH]c2c1. The van der Waals surface area contributed by atoms with Crippen molar-refractivity contribution in [3.05, 3.63) is 41.2 Å². The van der Waals surface area contributed by atoms with E-state index in [4.69, 9.17) is 21.2 Å². The van der Waals surface area contributed by atoms with Gasteiger partial charge in [0.1, 0.15) is 0 Å². The summed E-state index contributed by atoms with van der Waals surface area (Å²) in [5.74, 6) is 0. The zero-order valence-electron chi connectivity index (χ0n) is 11.8. The Balaban J connectivity index is 1.71. The van der Waals surface area contributed by atoms with Crippen LogP contribution in [0.1, 0.15) is 0 Å². The van der Waals surface area contributed by atoms with Gasteiger partial charge in [0, 0.05) is 4.90 Å². The largest absolute Gasteiger partial charge is 0.429 e. The summed E-state index contributed by atoms with van der Waals surface area (Å²) in [4.78, 5) is 11.4. The molecule has 24 heavy (non-hydrogen) atoms. The van der Waals surface area contributed by atoms with Crippen molar-refractivity contribution in [2.24, 2.45) is 0 Å². The minimum atomic E-state index is -4.25. The summed E-state index contributed by atoms with van der Waals surface area (Å²) in [5.41, 5.74) is 2.58. The summed E-state index contributed by atoms with van der Waals surface area (Å²) in [5, 5.41) is 0.589. The average molecular weight is 379 g/mol. The third-order valence-corrected chi connectivity index (χ3v) is 5.25. The van der Waals surface area contributed by atoms with E-state index in [1.165, 1.54) is 30.0 Å². The van der Waals surface area contributed by atoms with Gasteiger partial charge in [-0.15, -0.1) is 0 Å². The predicted molar refractivity (Wildman–Crippen MR) is 91.4 cm³/mol. The summed E-state index contributed by atoms with van der Waals surface area (Å²) in [6, 6.07) is 9.77. The molecule has 3 N–H and O–H groups in total. The Bertz CT molecular complexity index is 1240. The van der Waals surface area contributed by atoms with Crippen LogP contribution in [0.3, 0.4) is 0 Å². The van der Waals surface area contributed by atoms with Gasteiger partial charge in [-0.05, 0) is 48.6 Å². The molecule has 10 heteroatoms. The first-order valence-electron chi connectivity index (χ1n) is 6.66. The Morgan fingerprint density at radius 3 is 2.75 bits per heavy atom. The van der Waals surface area contributed by atoms with Gasteiger partial charge >= 0.3 is 0 Å². The number of oxazole rings is 1. The maximum Gasteiger partial charge on any atom is 0.294 e. The third-order valence-electron chi connectivity index (χ3n) is 3.34. The second-order valence-electron chi connectivity index (χ2n) is 4.97. The minimum absolute atomic E-state index is 0.180. The van der Waals surface area contributed by atoms with Crippen LogP contribution in [-0.2, 0) is 10.1 Å². The van der Waals surface area contributed by atoms with Crippen LogP contribution in [0.25, 0.3) is 22.1 Å². The zero-order valence-corrected chi connectivity index (χ0v) is 14.3. The molecule has 122 valence electrons. The van der Waals surface area contributed by atoms with Crippen LogP contribution in [0.2, 0.25) is 0 Å². The summed E-state index contributed by atoms with van der Waals surface area (Å²) < 4.78 is 36.9. The molecule has 0 aliphatic carbocycles. The van der Waals surface area contributed by atoms with Crippen molar-refractivity contribution in [3.63, 3.8) is 0 Å². The van der Waals surface area contributed by atoms with Crippen LogP contribution in [0, 0.1) is 4.84 Å². The molecule has 7 nitrogen and oxygen atoms in total. The second-order valence-corrected chi connectivity index (χ2v) is 7.83. The van der Waals surface area contributed by atoms with E-state index in [9.17, 15) is 8.42 Å². The Kier molecular flexibility index (Phi) is 3.49. The Hall–Kier alpha value is -2.14. The smallest absolute Gasteiger partial charge is 0.294 e. The van der Waals surface area contributed by atoms with Crippen molar-refractivity contribution in [3.8, 4) is 0 Å². The molecule has 0 aliphatic heterocycles. The molecule has 0 saturated carbocycles. The molecule has 0 unspecified atom stereocenters. The van der Waals surface area contributed by atoms with Gasteiger partial charge in [0.25, 0.3) is 15.0 Å². The van der Waals surface area contributed by atoms with Crippen LogP contribution in [-0.4, -0.2) is 27.9 Å². The molecular weight excluding hydrogens is 370 g/mol. The lowest BCUT2D eigenvalue weighted by molar-refractivity contribution is 0.483. The Labute approximate surface area is 144 Å². The number of benzene rings is 2. The number of nitrogens with zero attached hydrogens (tertiary/aromatic N) is 1. The number of H-pyrrole nitrogens is 2. The number of nitrogens with one attached hydrogen (secondary N) is 2. The van der Waals surface area contributed by atoms with Gasteiger partial charge in [0.2, 0.25) is 0 Å². The maximum absolute atomic E-state index is 11.2. The van der Waals surface area contributed by atoms with Crippen molar-refractivity contribution < 1.29 is 17.4 Å². The summed E-state index contributed by atoms with van der Waals surface area (Å²) >= 11 is 6.32. The summed E-state index contributed by atoms with van der Waals surface area (Å²) in [6.07, 6.45) is 0. The highest BCUT2D eigenvalue weighted by atomic mass is 32.2. The van der Waals surface area contributed by atoms with Crippen LogP contribution < -0.4 is 0 Å². The summed E-state index contributed by atoms with van der Waals surface area (Å²) in [7, 11) is -4.25. The van der Waals surface area contributed by atoms with Crippen molar-refractivity contribution >= 4 is 56.2 Å². The van der Waals surface area contributed by atoms with Crippen LogP contribution in [0.5, 0.6) is 0 Å². The lowest BCUT2D eigenvalue weighted by Crippen LogP contribution is -1.97. The van der Waals surface area contributed by atoms with Crippen LogP contribution in [0.15, 0.2) is 55.8 Å². The van der Waals surface area contributed by atoms with Crippen LogP contribution in [0.4, 0.5) is 0 Å². The highest BCUT2D eigenvalue weighted by molar-refractivity contribution is 7.99. The molecular formula is C14H9N3O4S3. The van der Waals surface area contributed by atoms with Gasteiger partial charge in [-0.1, -0.05) is 11.8 Å². The molecule has 2 aromatic heterocycles. The number of aromatic amines is 2. The van der Waals surface area contributed by atoms with E-state index in [0.29, 0.717) is 26.6 Å². The molecule has 0 aliphatic rings. The highest BCUT2D eigenvalue weighted by Crippen LogP contribution is 2.30. The standard InChI is InChI=1S/C14H9N3O4S3/c18-24(19,20)8-2-4-9-11(6-8)16-13(15-9)23-7-1-3-10-12(5-7)21-14(22)17-10/h1-6H,(H,15,16)(H,17,22)(H,18,19,20). The lowest BCUT2D eigenvalue weighted by Gasteiger charge is -1.97. The van der Waals surface area contributed by atoms with Crippen LogP contribution >= 0.6 is 24.0 Å². The molecule has 0 spiro atoms. The minimum Gasteiger partial charge on any atom is -0.429 e. The molecule has 0 atom stereocenters. The first-order chi connectivity index (χ1) is 11.4. The number of hydrogen-bond donors (Lipinski definition) is 3. The van der Waals surface area contributed by atoms with E-state index in [-0.39, 0.29) is 4.90 Å². The van der Waals surface area contributed by atoms with Gasteiger partial charge in [-0.25, -0.2) is 4.98 Å². The molecule has 4 aromatic rings. The molecule has 0 radical (unpaired) electrons. The monoisotopic (exact) mass is 379 g/mol. The molecule has 2 aromatic carbocycles.